The minimum Gasteiger partial charge on any atom is -0.459 e. The van der Waals surface area contributed by atoms with E-state index < -0.39 is 0 Å². The number of nitrogens with one attached hydrogen (secondary N) is 1. The number of fused-ring (bicyclic) bond motifs is 1. The van der Waals surface area contributed by atoms with Crippen molar-refractivity contribution in [1.29, 1.82) is 0 Å². The first kappa shape index (κ1) is 15.1. The zero-order chi connectivity index (χ0) is 14.5. The second-order valence-electron chi connectivity index (χ2n) is 5.93. The molecule has 2 heteroatoms. The number of hydrogen-bond donors (Lipinski definition) is 1. The van der Waals surface area contributed by atoms with E-state index in [0.717, 1.165) is 43.7 Å². The highest BCUT2D eigenvalue weighted by Crippen LogP contribution is 2.30. The van der Waals surface area contributed by atoms with Crippen molar-refractivity contribution in [2.75, 3.05) is 6.54 Å². The van der Waals surface area contributed by atoms with Crippen LogP contribution in [-0.2, 0) is 19.4 Å². The fourth-order valence-corrected chi connectivity index (χ4v) is 2.71. The molecule has 110 valence electrons. The summed E-state index contributed by atoms with van der Waals surface area (Å²) < 4.78 is 6.21. The van der Waals surface area contributed by atoms with Crippen LogP contribution in [0.1, 0.15) is 51.0 Å². The molecule has 0 saturated heterocycles. The molecule has 2 aromatic rings. The van der Waals surface area contributed by atoms with Crippen molar-refractivity contribution < 1.29 is 4.42 Å². The molecule has 0 aliphatic heterocycles. The van der Waals surface area contributed by atoms with E-state index in [-0.39, 0.29) is 0 Å². The summed E-state index contributed by atoms with van der Waals surface area (Å²) in [6, 6.07) is 6.54. The van der Waals surface area contributed by atoms with E-state index in [2.05, 4.69) is 51.2 Å². The number of hydrogen-bond acceptors (Lipinski definition) is 2. The van der Waals surface area contributed by atoms with Gasteiger partial charge in [0, 0.05) is 10.9 Å². The second kappa shape index (κ2) is 6.94. The Bertz CT molecular complexity index is 554. The highest BCUT2D eigenvalue weighted by molar-refractivity contribution is 5.85. The summed E-state index contributed by atoms with van der Waals surface area (Å²) >= 11 is 0. The quantitative estimate of drug-likeness (QED) is 0.740. The molecule has 0 aliphatic rings. The van der Waals surface area contributed by atoms with Crippen LogP contribution in [0.4, 0.5) is 0 Å². The van der Waals surface area contributed by atoms with Crippen LogP contribution in [0.2, 0.25) is 0 Å². The van der Waals surface area contributed by atoms with Crippen LogP contribution in [0.3, 0.4) is 0 Å². The molecule has 0 unspecified atom stereocenters. The lowest BCUT2D eigenvalue weighted by Crippen LogP contribution is -2.14. The molecule has 1 aromatic carbocycles. The largest absolute Gasteiger partial charge is 0.459 e. The van der Waals surface area contributed by atoms with Crippen molar-refractivity contribution in [3.63, 3.8) is 0 Å². The summed E-state index contributed by atoms with van der Waals surface area (Å²) in [4.78, 5) is 0. The second-order valence-corrected chi connectivity index (χ2v) is 5.93. The molecule has 20 heavy (non-hydrogen) atoms. The number of para-hydroxylation sites is 1. The lowest BCUT2D eigenvalue weighted by molar-refractivity contribution is 0.499. The van der Waals surface area contributed by atoms with E-state index in [9.17, 15) is 0 Å². The van der Waals surface area contributed by atoms with Gasteiger partial charge in [0.05, 0.1) is 6.54 Å². The number of aryl methyl sites for hydroxylation is 1. The molecule has 2 nitrogen and oxygen atoms in total. The topological polar surface area (TPSA) is 25.2 Å². The Balaban J connectivity index is 2.42. The molecule has 2 rings (SSSR count). The molecule has 0 amide bonds. The third-order valence-electron chi connectivity index (χ3n) is 3.69. The van der Waals surface area contributed by atoms with E-state index in [1.54, 1.807) is 0 Å². The average Bonchev–Trinajstić information content (AvgIpc) is 2.77. The Morgan fingerprint density at radius 1 is 1.20 bits per heavy atom. The average molecular weight is 273 g/mol. The fraction of sp³-hybridized carbons (Fsp3) is 0.556. The predicted molar refractivity (Wildman–Crippen MR) is 86.1 cm³/mol. The smallest absolute Gasteiger partial charge is 0.137 e. The summed E-state index contributed by atoms with van der Waals surface area (Å²) in [5.41, 5.74) is 3.81. The molecule has 0 aliphatic carbocycles. The molecule has 0 fully saturated rings. The first-order valence-corrected chi connectivity index (χ1v) is 7.90. The number of furan rings is 1. The third kappa shape index (κ3) is 3.24. The van der Waals surface area contributed by atoms with Gasteiger partial charge in [0.1, 0.15) is 11.3 Å². The van der Waals surface area contributed by atoms with Gasteiger partial charge in [-0.15, -0.1) is 0 Å². The van der Waals surface area contributed by atoms with Gasteiger partial charge in [0.2, 0.25) is 0 Å². The highest BCUT2D eigenvalue weighted by Gasteiger charge is 2.16. The van der Waals surface area contributed by atoms with Gasteiger partial charge in [-0.25, -0.2) is 0 Å². The Labute approximate surface area is 122 Å². The van der Waals surface area contributed by atoms with Crippen LogP contribution < -0.4 is 5.32 Å². The SMILES string of the molecule is CCCNCc1oc2c(CC)cccc2c1CC(C)C. The summed E-state index contributed by atoms with van der Waals surface area (Å²) in [5.74, 6) is 1.77. The maximum atomic E-state index is 6.21. The molecule has 0 radical (unpaired) electrons. The Morgan fingerprint density at radius 2 is 2.00 bits per heavy atom. The zero-order valence-electron chi connectivity index (χ0n) is 13.3. The third-order valence-corrected chi connectivity index (χ3v) is 3.69. The summed E-state index contributed by atoms with van der Waals surface area (Å²) in [7, 11) is 0. The van der Waals surface area contributed by atoms with Crippen LogP contribution >= 0.6 is 0 Å². The minimum atomic E-state index is 0.644. The van der Waals surface area contributed by atoms with Gasteiger partial charge in [-0.1, -0.05) is 45.9 Å². The van der Waals surface area contributed by atoms with Crippen molar-refractivity contribution in [1.82, 2.24) is 5.32 Å². The molecular formula is C18H27NO. The van der Waals surface area contributed by atoms with Crippen LogP contribution in [0.25, 0.3) is 11.0 Å². The van der Waals surface area contributed by atoms with Crippen LogP contribution in [-0.4, -0.2) is 6.54 Å². The van der Waals surface area contributed by atoms with Gasteiger partial charge in [-0.2, -0.15) is 0 Å². The maximum Gasteiger partial charge on any atom is 0.137 e. The normalized spacial score (nSPS) is 11.7. The molecule has 0 bridgehead atoms. The Kier molecular flexibility index (Phi) is 5.24. The molecule has 0 spiro atoms. The summed E-state index contributed by atoms with van der Waals surface area (Å²) in [6.45, 7) is 10.8. The van der Waals surface area contributed by atoms with Gasteiger partial charge in [-0.05, 0) is 37.3 Å². The van der Waals surface area contributed by atoms with Gasteiger partial charge in [0.15, 0.2) is 0 Å². The van der Waals surface area contributed by atoms with Gasteiger partial charge in [-0.3, -0.25) is 0 Å². The molecule has 1 heterocycles. The van der Waals surface area contributed by atoms with E-state index in [1.165, 1.54) is 16.5 Å². The Morgan fingerprint density at radius 3 is 2.65 bits per heavy atom. The van der Waals surface area contributed by atoms with Crippen molar-refractivity contribution in [2.24, 2.45) is 5.92 Å². The van der Waals surface area contributed by atoms with E-state index >= 15 is 0 Å². The van der Waals surface area contributed by atoms with Crippen LogP contribution in [0.15, 0.2) is 22.6 Å². The van der Waals surface area contributed by atoms with Crippen molar-refractivity contribution in [2.45, 2.75) is 53.5 Å². The summed E-state index contributed by atoms with van der Waals surface area (Å²) in [5, 5.41) is 4.78. The van der Waals surface area contributed by atoms with E-state index in [0.29, 0.717) is 5.92 Å². The monoisotopic (exact) mass is 273 g/mol. The van der Waals surface area contributed by atoms with E-state index in [1.807, 2.05) is 0 Å². The van der Waals surface area contributed by atoms with Crippen molar-refractivity contribution >= 4 is 11.0 Å². The van der Waals surface area contributed by atoms with Gasteiger partial charge in [0.25, 0.3) is 0 Å². The van der Waals surface area contributed by atoms with Crippen molar-refractivity contribution in [3.8, 4) is 0 Å². The predicted octanol–water partition coefficient (Wildman–Crippen LogP) is 4.69. The molecule has 1 N–H and O–H groups in total. The Hall–Kier alpha value is -1.28. The van der Waals surface area contributed by atoms with Crippen LogP contribution in [0.5, 0.6) is 0 Å². The first-order chi connectivity index (χ1) is 9.67. The zero-order valence-corrected chi connectivity index (χ0v) is 13.3. The number of benzene rings is 1. The molecule has 1 aromatic heterocycles. The fourth-order valence-electron chi connectivity index (χ4n) is 2.71. The lowest BCUT2D eigenvalue weighted by Gasteiger charge is -2.07. The number of rotatable bonds is 7. The molecule has 0 atom stereocenters. The standard InChI is InChI=1S/C18H27NO/c1-5-10-19-12-17-16(11-13(3)4)15-9-7-8-14(6-2)18(15)20-17/h7-9,13,19H,5-6,10-12H2,1-4H3. The van der Waals surface area contributed by atoms with E-state index in [4.69, 9.17) is 4.42 Å². The highest BCUT2D eigenvalue weighted by atomic mass is 16.3. The van der Waals surface area contributed by atoms with Gasteiger partial charge >= 0.3 is 0 Å². The van der Waals surface area contributed by atoms with Crippen molar-refractivity contribution in [3.05, 3.63) is 35.1 Å². The van der Waals surface area contributed by atoms with Crippen LogP contribution in [0, 0.1) is 5.92 Å². The first-order valence-electron chi connectivity index (χ1n) is 7.90. The van der Waals surface area contributed by atoms with Gasteiger partial charge < -0.3 is 9.73 Å². The summed E-state index contributed by atoms with van der Waals surface area (Å²) in [6.07, 6.45) is 3.26. The lowest BCUT2D eigenvalue weighted by atomic mass is 9.98. The molecule has 0 saturated carbocycles. The minimum absolute atomic E-state index is 0.644. The molecular weight excluding hydrogens is 246 g/mol. The maximum absolute atomic E-state index is 6.21.